The van der Waals surface area contributed by atoms with Crippen molar-refractivity contribution in [2.75, 3.05) is 0 Å². The summed E-state index contributed by atoms with van der Waals surface area (Å²) in [6.07, 6.45) is 0. The molecule has 0 aliphatic heterocycles. The van der Waals surface area contributed by atoms with E-state index in [1.165, 1.54) is 37.5 Å². The summed E-state index contributed by atoms with van der Waals surface area (Å²) >= 11 is 0. The number of benzene rings is 5. The lowest BCUT2D eigenvalue weighted by Gasteiger charge is -2.23. The Hall–Kier alpha value is -3.34. The van der Waals surface area contributed by atoms with Crippen LogP contribution in [0.4, 0.5) is 0 Å². The van der Waals surface area contributed by atoms with Gasteiger partial charge in [-0.05, 0) is 49.6 Å². The first kappa shape index (κ1) is 18.7. The molecule has 0 N–H and O–H groups in total. The normalized spacial score (nSPS) is 11.6. The van der Waals surface area contributed by atoms with Crippen molar-refractivity contribution < 1.29 is 0 Å². The fraction of sp³-hybridized carbons (Fsp3) is 0.103. The van der Waals surface area contributed by atoms with Crippen LogP contribution in [0.25, 0.3) is 32.3 Å². The molecule has 0 nitrogen and oxygen atoms in total. The molecule has 0 aromatic heterocycles. The third-order valence-corrected chi connectivity index (χ3v) is 7.80. The van der Waals surface area contributed by atoms with Gasteiger partial charge in [-0.25, -0.2) is 0 Å². The predicted octanol–water partition coefficient (Wildman–Crippen LogP) is 7.09. The van der Waals surface area contributed by atoms with Gasteiger partial charge < -0.3 is 0 Å². The van der Waals surface area contributed by atoms with E-state index in [1.54, 1.807) is 0 Å². The third-order valence-electron chi connectivity index (χ3n) is 5.76. The Labute approximate surface area is 179 Å². The molecular weight excluding hydrogens is 376 g/mol. The van der Waals surface area contributed by atoms with Crippen molar-refractivity contribution >= 4 is 45.6 Å². The van der Waals surface area contributed by atoms with E-state index in [0.29, 0.717) is 0 Å². The fourth-order valence-corrected chi connectivity index (χ4v) is 6.52. The maximum absolute atomic E-state index is 3.56. The van der Waals surface area contributed by atoms with Gasteiger partial charge in [0.05, 0.1) is 8.07 Å². The Morgan fingerprint density at radius 3 is 1.67 bits per heavy atom. The first-order valence-corrected chi connectivity index (χ1v) is 14.0. The number of rotatable bonds is 1. The molecule has 144 valence electrons. The Morgan fingerprint density at radius 1 is 0.533 bits per heavy atom. The average Bonchev–Trinajstić information content (AvgIpc) is 2.75. The molecule has 0 aliphatic rings. The van der Waals surface area contributed by atoms with Gasteiger partial charge in [-0.2, -0.15) is 0 Å². The highest BCUT2D eigenvalue weighted by molar-refractivity contribution is 6.92. The maximum Gasteiger partial charge on any atom is 0.0792 e. The molecule has 0 spiro atoms. The van der Waals surface area contributed by atoms with Crippen LogP contribution in [-0.2, 0) is 0 Å². The van der Waals surface area contributed by atoms with E-state index in [-0.39, 0.29) is 0 Å². The van der Waals surface area contributed by atoms with Gasteiger partial charge in [0.1, 0.15) is 0 Å². The highest BCUT2D eigenvalue weighted by Crippen LogP contribution is 2.29. The Balaban J connectivity index is 1.80. The molecule has 5 aromatic rings. The van der Waals surface area contributed by atoms with Gasteiger partial charge in [-0.3, -0.25) is 0 Å². The molecular formula is C29H24Si. The second kappa shape index (κ2) is 7.17. The second-order valence-corrected chi connectivity index (χ2v) is 13.9. The predicted molar refractivity (Wildman–Crippen MR) is 134 cm³/mol. The molecule has 0 bridgehead atoms. The summed E-state index contributed by atoms with van der Waals surface area (Å²) in [5.41, 5.74) is 2.19. The topological polar surface area (TPSA) is 0 Å². The van der Waals surface area contributed by atoms with Crippen molar-refractivity contribution in [1.82, 2.24) is 0 Å². The van der Waals surface area contributed by atoms with Crippen molar-refractivity contribution in [1.29, 1.82) is 0 Å². The molecule has 5 rings (SSSR count). The summed E-state index contributed by atoms with van der Waals surface area (Å²) in [5, 5.41) is 9.26. The lowest BCUT2D eigenvalue weighted by molar-refractivity contribution is 1.69. The van der Waals surface area contributed by atoms with Gasteiger partial charge in [0, 0.05) is 11.1 Å². The fourth-order valence-electron chi connectivity index (χ4n) is 4.47. The zero-order valence-corrected chi connectivity index (χ0v) is 18.7. The minimum atomic E-state index is -1.55. The molecule has 0 radical (unpaired) electrons. The minimum Gasteiger partial charge on any atom is -0.0656 e. The van der Waals surface area contributed by atoms with Gasteiger partial charge in [0.25, 0.3) is 0 Å². The molecule has 0 heterocycles. The maximum atomic E-state index is 3.56. The van der Waals surface area contributed by atoms with Crippen LogP contribution in [0.1, 0.15) is 11.1 Å². The lowest BCUT2D eigenvalue weighted by Crippen LogP contribution is -2.39. The van der Waals surface area contributed by atoms with Crippen molar-refractivity contribution in [3.63, 3.8) is 0 Å². The molecule has 0 unspecified atom stereocenters. The number of hydrogen-bond donors (Lipinski definition) is 0. The zero-order chi connectivity index (χ0) is 20.7. The average molecular weight is 401 g/mol. The molecule has 0 saturated carbocycles. The van der Waals surface area contributed by atoms with E-state index in [4.69, 9.17) is 0 Å². The molecule has 0 saturated heterocycles. The molecule has 0 atom stereocenters. The van der Waals surface area contributed by atoms with E-state index in [1.807, 2.05) is 0 Å². The highest BCUT2D eigenvalue weighted by atomic mass is 28.3. The van der Waals surface area contributed by atoms with Crippen LogP contribution in [-0.4, -0.2) is 8.07 Å². The Kier molecular flexibility index (Phi) is 4.46. The van der Waals surface area contributed by atoms with E-state index >= 15 is 0 Å². The summed E-state index contributed by atoms with van der Waals surface area (Å²) in [4.78, 5) is 0. The van der Waals surface area contributed by atoms with Gasteiger partial charge in [-0.1, -0.05) is 110 Å². The Bertz CT molecular complexity index is 1420. The molecule has 0 amide bonds. The summed E-state index contributed by atoms with van der Waals surface area (Å²) in [7, 11) is -1.55. The first-order chi connectivity index (χ1) is 14.5. The van der Waals surface area contributed by atoms with Crippen LogP contribution in [0.2, 0.25) is 19.6 Å². The van der Waals surface area contributed by atoms with E-state index in [9.17, 15) is 0 Å². The smallest absolute Gasteiger partial charge is 0.0656 e. The second-order valence-electron chi connectivity index (χ2n) is 8.90. The molecule has 5 aromatic carbocycles. The minimum absolute atomic E-state index is 1.05. The molecule has 1 heteroatoms. The van der Waals surface area contributed by atoms with Crippen LogP contribution in [0.15, 0.2) is 91.0 Å². The molecule has 0 aliphatic carbocycles. The van der Waals surface area contributed by atoms with Crippen LogP contribution < -0.4 is 5.19 Å². The molecule has 0 fully saturated rings. The van der Waals surface area contributed by atoms with Crippen LogP contribution in [0.3, 0.4) is 0 Å². The standard InChI is InChI=1S/C29H24Si/c1-30(2,3)29-27-14-8-6-12-24(27)26(25-13-7-9-15-28(25)29)19-17-21-16-18-22-10-4-5-11-23(22)20-21/h4-16,18,20H,1-3H3. The highest BCUT2D eigenvalue weighted by Gasteiger charge is 2.23. The zero-order valence-electron chi connectivity index (χ0n) is 17.7. The SMILES string of the molecule is C[Si](C)(C)c1c2ccccc2c(C#Cc2ccc3ccccc3c2)c2ccccc12. The van der Waals surface area contributed by atoms with Gasteiger partial charge in [0.15, 0.2) is 0 Å². The quantitative estimate of drug-likeness (QED) is 0.160. The third kappa shape index (κ3) is 3.20. The lowest BCUT2D eigenvalue weighted by atomic mass is 9.96. The number of fused-ring (bicyclic) bond motifs is 3. The molecule has 30 heavy (non-hydrogen) atoms. The van der Waals surface area contributed by atoms with Crippen LogP contribution >= 0.6 is 0 Å². The van der Waals surface area contributed by atoms with Crippen LogP contribution in [0, 0.1) is 11.8 Å². The Morgan fingerprint density at radius 2 is 1.07 bits per heavy atom. The van der Waals surface area contributed by atoms with Crippen LogP contribution in [0.5, 0.6) is 0 Å². The summed E-state index contributed by atoms with van der Waals surface area (Å²) in [6.45, 7) is 7.30. The van der Waals surface area contributed by atoms with Crippen molar-refractivity contribution in [3.05, 3.63) is 102 Å². The van der Waals surface area contributed by atoms with E-state index in [0.717, 1.165) is 11.1 Å². The summed E-state index contributed by atoms with van der Waals surface area (Å²) < 4.78 is 0. The van der Waals surface area contributed by atoms with E-state index < -0.39 is 8.07 Å². The van der Waals surface area contributed by atoms with Gasteiger partial charge in [0.2, 0.25) is 0 Å². The monoisotopic (exact) mass is 400 g/mol. The summed E-state index contributed by atoms with van der Waals surface area (Å²) in [6, 6.07) is 32.5. The first-order valence-electron chi connectivity index (χ1n) is 10.5. The van der Waals surface area contributed by atoms with E-state index in [2.05, 4.69) is 122 Å². The summed E-state index contributed by atoms with van der Waals surface area (Å²) in [5.74, 6) is 7.01. The van der Waals surface area contributed by atoms with Gasteiger partial charge >= 0.3 is 0 Å². The van der Waals surface area contributed by atoms with Crippen molar-refractivity contribution in [2.24, 2.45) is 0 Å². The van der Waals surface area contributed by atoms with Crippen molar-refractivity contribution in [2.45, 2.75) is 19.6 Å². The van der Waals surface area contributed by atoms with Gasteiger partial charge in [-0.15, -0.1) is 0 Å². The van der Waals surface area contributed by atoms with Crippen molar-refractivity contribution in [3.8, 4) is 11.8 Å². The largest absolute Gasteiger partial charge is 0.0792 e. The number of hydrogen-bond acceptors (Lipinski definition) is 0.